The lowest BCUT2D eigenvalue weighted by atomic mass is 9.81. The third kappa shape index (κ3) is 8.41. The highest BCUT2D eigenvalue weighted by atomic mass is 15.1. The number of hydrogen-bond donors (Lipinski definition) is 0. The van der Waals surface area contributed by atoms with Gasteiger partial charge in [-0.1, -0.05) is 234 Å². The van der Waals surface area contributed by atoms with Crippen molar-refractivity contribution in [2.24, 2.45) is 0 Å². The SMILES string of the molecule is CC1(C)c2cc(C=Cc3ccc4c(ccc5cc(C=Cc6ccc7c(c6)C(C)(C)c6cc(N(c8ccccc8)c8ccc9ccccc9c8)ccc6-7)ccc54)c3)ccc2-c2ccc(N(c3ccccc3)c3ccc4ccccc4c3)cc21. The van der Waals surface area contributed by atoms with Crippen molar-refractivity contribution < 1.29 is 0 Å². The normalized spacial score (nSPS) is 13.7. The van der Waals surface area contributed by atoms with Crippen LogP contribution in [-0.2, 0) is 10.8 Å². The van der Waals surface area contributed by atoms with Crippen molar-refractivity contribution >= 4 is 102 Å². The molecule has 390 valence electrons. The zero-order chi connectivity index (χ0) is 55.1. The quantitative estimate of drug-likeness (QED) is 0.0995. The topological polar surface area (TPSA) is 6.48 Å². The van der Waals surface area contributed by atoms with E-state index in [4.69, 9.17) is 0 Å². The van der Waals surface area contributed by atoms with Gasteiger partial charge in [0.15, 0.2) is 0 Å². The molecule has 0 aromatic heterocycles. The first-order valence-corrected chi connectivity index (χ1v) is 28.7. The third-order valence-corrected chi connectivity index (χ3v) is 17.7. The van der Waals surface area contributed by atoms with Crippen LogP contribution < -0.4 is 9.80 Å². The summed E-state index contributed by atoms with van der Waals surface area (Å²) in [6.07, 6.45) is 9.06. The molecule has 0 saturated heterocycles. The summed E-state index contributed by atoms with van der Waals surface area (Å²) in [6.45, 7) is 9.50. The first-order chi connectivity index (χ1) is 40.1. The van der Waals surface area contributed by atoms with Gasteiger partial charge in [-0.25, -0.2) is 0 Å². The van der Waals surface area contributed by atoms with E-state index in [1.165, 1.54) is 110 Å². The molecule has 2 aliphatic rings. The molecule has 0 aliphatic heterocycles. The molecule has 2 nitrogen and oxygen atoms in total. The number of fused-ring (bicyclic) bond motifs is 11. The molecule has 0 atom stereocenters. The number of rotatable bonds is 10. The van der Waals surface area contributed by atoms with Crippen LogP contribution in [0.25, 0.3) is 89.6 Å². The third-order valence-electron chi connectivity index (χ3n) is 17.7. The fourth-order valence-corrected chi connectivity index (χ4v) is 13.4. The van der Waals surface area contributed by atoms with Crippen molar-refractivity contribution in [1.82, 2.24) is 0 Å². The fourth-order valence-electron chi connectivity index (χ4n) is 13.4. The van der Waals surface area contributed by atoms with Gasteiger partial charge in [0.1, 0.15) is 0 Å². The van der Waals surface area contributed by atoms with Gasteiger partial charge >= 0.3 is 0 Å². The van der Waals surface area contributed by atoms with E-state index in [1.807, 2.05) is 0 Å². The minimum absolute atomic E-state index is 0.180. The predicted octanol–water partition coefficient (Wildman–Crippen LogP) is 22.2. The predicted molar refractivity (Wildman–Crippen MR) is 352 cm³/mol. The molecular weight excluding hydrogens is 989 g/mol. The van der Waals surface area contributed by atoms with E-state index in [0.717, 1.165) is 34.1 Å². The van der Waals surface area contributed by atoms with Crippen molar-refractivity contribution in [1.29, 1.82) is 0 Å². The van der Waals surface area contributed by atoms with E-state index in [1.54, 1.807) is 0 Å². The van der Waals surface area contributed by atoms with Gasteiger partial charge in [-0.05, 0) is 195 Å². The second-order valence-electron chi connectivity index (χ2n) is 23.4. The summed E-state index contributed by atoms with van der Waals surface area (Å²) in [4.78, 5) is 4.78. The summed E-state index contributed by atoms with van der Waals surface area (Å²) in [5.74, 6) is 0. The number of benzene rings is 13. The van der Waals surface area contributed by atoms with Crippen molar-refractivity contribution in [2.75, 3.05) is 9.80 Å². The first kappa shape index (κ1) is 49.1. The average Bonchev–Trinajstić information content (AvgIpc) is 4.11. The number of anilines is 6. The van der Waals surface area contributed by atoms with E-state index < -0.39 is 0 Å². The molecule has 0 saturated carbocycles. The van der Waals surface area contributed by atoms with Crippen LogP contribution in [-0.4, -0.2) is 0 Å². The maximum absolute atomic E-state index is 2.42. The molecule has 0 radical (unpaired) electrons. The number of para-hydroxylation sites is 2. The van der Waals surface area contributed by atoms with Crippen LogP contribution in [0.5, 0.6) is 0 Å². The van der Waals surface area contributed by atoms with Gasteiger partial charge in [-0.2, -0.15) is 0 Å². The van der Waals surface area contributed by atoms with Gasteiger partial charge in [-0.3, -0.25) is 0 Å². The fraction of sp³-hybridized carbons (Fsp3) is 0.0750. The highest BCUT2D eigenvalue weighted by Gasteiger charge is 2.38. The summed E-state index contributed by atoms with van der Waals surface area (Å²) in [7, 11) is 0. The Morgan fingerprint density at radius 3 is 0.951 bits per heavy atom. The largest absolute Gasteiger partial charge is 0.310 e. The summed E-state index contributed by atoms with van der Waals surface area (Å²) in [6, 6.07) is 98.6. The zero-order valence-corrected chi connectivity index (χ0v) is 46.6. The second kappa shape index (κ2) is 19.4. The van der Waals surface area contributed by atoms with Gasteiger partial charge in [0.2, 0.25) is 0 Å². The Morgan fingerprint density at radius 2 is 0.537 bits per heavy atom. The number of hydrogen-bond acceptors (Lipinski definition) is 2. The van der Waals surface area contributed by atoms with Crippen LogP contribution in [0.2, 0.25) is 0 Å². The van der Waals surface area contributed by atoms with Crippen LogP contribution >= 0.6 is 0 Å². The minimum Gasteiger partial charge on any atom is -0.310 e. The molecule has 0 spiro atoms. The Bertz CT molecular complexity index is 4450. The molecule has 15 rings (SSSR count). The molecule has 0 unspecified atom stereocenters. The lowest BCUT2D eigenvalue weighted by Crippen LogP contribution is -2.16. The molecule has 2 aliphatic carbocycles. The van der Waals surface area contributed by atoms with Crippen LogP contribution in [0.15, 0.2) is 267 Å². The summed E-state index contributed by atoms with van der Waals surface area (Å²) in [5.41, 5.74) is 22.0. The summed E-state index contributed by atoms with van der Waals surface area (Å²) >= 11 is 0. The lowest BCUT2D eigenvalue weighted by Gasteiger charge is -2.28. The molecule has 0 heterocycles. The molecule has 0 amide bonds. The van der Waals surface area contributed by atoms with Crippen molar-refractivity contribution in [3.05, 3.63) is 311 Å². The van der Waals surface area contributed by atoms with Gasteiger partial charge in [0, 0.05) is 45.0 Å². The van der Waals surface area contributed by atoms with Crippen molar-refractivity contribution in [3.8, 4) is 22.3 Å². The zero-order valence-electron chi connectivity index (χ0n) is 46.6. The highest BCUT2D eigenvalue weighted by Crippen LogP contribution is 2.53. The smallest absolute Gasteiger partial charge is 0.0468 e. The molecule has 13 aromatic rings. The molecule has 0 fully saturated rings. The van der Waals surface area contributed by atoms with Gasteiger partial charge in [0.25, 0.3) is 0 Å². The lowest BCUT2D eigenvalue weighted by molar-refractivity contribution is 0.660. The van der Waals surface area contributed by atoms with Crippen LogP contribution in [0, 0.1) is 0 Å². The van der Waals surface area contributed by atoms with E-state index in [9.17, 15) is 0 Å². The molecule has 13 aromatic carbocycles. The maximum atomic E-state index is 2.42. The van der Waals surface area contributed by atoms with Crippen LogP contribution in [0.1, 0.15) is 72.2 Å². The van der Waals surface area contributed by atoms with E-state index in [2.05, 4.69) is 329 Å². The Kier molecular flexibility index (Phi) is 11.6. The van der Waals surface area contributed by atoms with Gasteiger partial charge in [0.05, 0.1) is 0 Å². The van der Waals surface area contributed by atoms with Crippen LogP contribution in [0.4, 0.5) is 34.1 Å². The Morgan fingerprint density at radius 1 is 0.232 bits per heavy atom. The summed E-state index contributed by atoms with van der Waals surface area (Å²) < 4.78 is 0. The Hall–Kier alpha value is -10.0. The Labute approximate surface area is 480 Å². The number of nitrogens with zero attached hydrogens (tertiary/aromatic N) is 2. The first-order valence-electron chi connectivity index (χ1n) is 28.7. The van der Waals surface area contributed by atoms with Crippen molar-refractivity contribution in [3.63, 3.8) is 0 Å². The molecule has 0 N–H and O–H groups in total. The van der Waals surface area contributed by atoms with Gasteiger partial charge < -0.3 is 9.80 Å². The monoisotopic (exact) mass is 1050 g/mol. The maximum Gasteiger partial charge on any atom is 0.0468 e. The van der Waals surface area contributed by atoms with Crippen molar-refractivity contribution in [2.45, 2.75) is 38.5 Å². The molecule has 0 bridgehead atoms. The molecule has 2 heteroatoms. The highest BCUT2D eigenvalue weighted by molar-refractivity contribution is 6.09. The Balaban J connectivity index is 0.659. The average molecular weight is 1050 g/mol. The standard InChI is InChI=1S/C80H60N2/c1-79(2)75-47-55(29-41-71(75)73-43-37-67(51-77(73)79)81(63-19-7-5-8-20-63)65-35-33-57-15-11-13-17-59(57)49-65)25-23-53-27-39-69-61(45-53)31-32-62-46-54(28-40-70(62)69)24-26-56-30-42-72-74-44-38-68(52-78(74)80(3,4)76(72)48-56)82(64-21-9-6-10-22-64)66-36-34-58-16-12-14-18-60(58)50-66/h5-52H,1-4H3. The summed E-state index contributed by atoms with van der Waals surface area (Å²) in [5, 5.41) is 9.95. The minimum atomic E-state index is -0.180. The van der Waals surface area contributed by atoms with E-state index >= 15 is 0 Å². The van der Waals surface area contributed by atoms with Gasteiger partial charge in [-0.15, -0.1) is 0 Å². The molecular formula is C80H60N2. The van der Waals surface area contributed by atoms with E-state index in [-0.39, 0.29) is 10.8 Å². The second-order valence-corrected chi connectivity index (χ2v) is 23.4. The van der Waals surface area contributed by atoms with E-state index in [0.29, 0.717) is 0 Å². The molecule has 82 heavy (non-hydrogen) atoms. The van der Waals surface area contributed by atoms with Crippen LogP contribution in [0.3, 0.4) is 0 Å².